The van der Waals surface area contributed by atoms with Gasteiger partial charge in [0.15, 0.2) is 6.10 Å². The summed E-state index contributed by atoms with van der Waals surface area (Å²) in [5, 5.41) is 2.65. The Morgan fingerprint density at radius 3 is 2.73 bits per heavy atom. The van der Waals surface area contributed by atoms with Gasteiger partial charge in [-0.25, -0.2) is 9.97 Å². The van der Waals surface area contributed by atoms with Gasteiger partial charge in [0.05, 0.1) is 12.7 Å². The number of likely N-dealkylation sites (N-methyl/N-ethyl adjacent to an activating group) is 1. The maximum absolute atomic E-state index is 12.6. The number of carbonyl (C=O) groups is 2. The van der Waals surface area contributed by atoms with Crippen molar-refractivity contribution in [2.45, 2.75) is 31.1 Å². The number of imidazole rings is 1. The van der Waals surface area contributed by atoms with E-state index in [0.717, 1.165) is 5.82 Å². The number of amides is 2. The maximum atomic E-state index is 12.6. The largest absolute Gasteiger partial charge is 0.357 e. The van der Waals surface area contributed by atoms with E-state index in [1.54, 1.807) is 18.1 Å². The molecule has 9 nitrogen and oxygen atoms in total. The summed E-state index contributed by atoms with van der Waals surface area (Å²) < 4.78 is 8.20. The Hall–Kier alpha value is -2.81. The molecule has 2 amide bonds. The molecule has 4 heterocycles. The number of rotatable bonds is 2. The third kappa shape index (κ3) is 2.74. The first-order valence-electron chi connectivity index (χ1n) is 8.59. The highest BCUT2D eigenvalue weighted by atomic mass is 16.5. The molecule has 0 aromatic carbocycles. The summed E-state index contributed by atoms with van der Waals surface area (Å²) in [7, 11) is 1.60. The van der Waals surface area contributed by atoms with E-state index in [-0.39, 0.29) is 11.8 Å². The second-order valence-electron chi connectivity index (χ2n) is 6.50. The first-order valence-corrected chi connectivity index (χ1v) is 8.59. The molecular weight excluding hydrogens is 336 g/mol. The van der Waals surface area contributed by atoms with E-state index < -0.39 is 11.7 Å². The fourth-order valence-corrected chi connectivity index (χ4v) is 3.68. The highest BCUT2D eigenvalue weighted by Crippen LogP contribution is 2.40. The van der Waals surface area contributed by atoms with Crippen LogP contribution in [-0.4, -0.2) is 62.5 Å². The van der Waals surface area contributed by atoms with Crippen LogP contribution in [-0.2, 0) is 21.7 Å². The van der Waals surface area contributed by atoms with Crippen molar-refractivity contribution in [1.29, 1.82) is 0 Å². The molecule has 2 aromatic heterocycles. The van der Waals surface area contributed by atoms with Crippen LogP contribution in [0.4, 0.5) is 0 Å². The number of nitrogens with one attached hydrogen (secondary N) is 1. The van der Waals surface area contributed by atoms with Gasteiger partial charge in [0.2, 0.25) is 0 Å². The van der Waals surface area contributed by atoms with Gasteiger partial charge in [-0.1, -0.05) is 0 Å². The Morgan fingerprint density at radius 1 is 1.23 bits per heavy atom. The molecule has 0 aliphatic carbocycles. The molecule has 26 heavy (non-hydrogen) atoms. The van der Waals surface area contributed by atoms with Crippen molar-refractivity contribution in [3.63, 3.8) is 0 Å². The summed E-state index contributed by atoms with van der Waals surface area (Å²) in [6.07, 6.45) is 8.69. The number of nitrogens with zero attached hydrogens (tertiary/aromatic N) is 5. The summed E-state index contributed by atoms with van der Waals surface area (Å²) >= 11 is 0. The number of piperidine rings is 1. The van der Waals surface area contributed by atoms with Crippen LogP contribution in [0.15, 0.2) is 31.0 Å². The molecule has 1 spiro atoms. The Bertz CT molecular complexity index is 813. The smallest absolute Gasteiger partial charge is 0.274 e. The third-order valence-electron chi connectivity index (χ3n) is 5.03. The van der Waals surface area contributed by atoms with Crippen LogP contribution in [0.25, 0.3) is 0 Å². The minimum atomic E-state index is -0.655. The van der Waals surface area contributed by atoms with Crippen molar-refractivity contribution in [2.75, 3.05) is 20.1 Å². The normalized spacial score (nSPS) is 21.3. The number of fused-ring (bicyclic) bond motifs is 2. The molecule has 1 N–H and O–H groups in total. The fraction of sp³-hybridized carbons (Fsp3) is 0.471. The fourth-order valence-electron chi connectivity index (χ4n) is 3.68. The van der Waals surface area contributed by atoms with Crippen molar-refractivity contribution >= 4 is 11.8 Å². The van der Waals surface area contributed by atoms with Crippen LogP contribution in [0.5, 0.6) is 0 Å². The predicted octanol–water partition coefficient (Wildman–Crippen LogP) is -0.0506. The molecule has 1 saturated heterocycles. The zero-order chi connectivity index (χ0) is 18.1. The van der Waals surface area contributed by atoms with E-state index in [1.807, 2.05) is 10.8 Å². The highest BCUT2D eigenvalue weighted by molar-refractivity contribution is 5.92. The Labute approximate surface area is 150 Å². The molecule has 1 fully saturated rings. The van der Waals surface area contributed by atoms with Gasteiger partial charge in [-0.15, -0.1) is 0 Å². The van der Waals surface area contributed by atoms with E-state index in [1.165, 1.54) is 18.6 Å². The first kappa shape index (κ1) is 16.6. The molecular formula is C17H20N6O3. The van der Waals surface area contributed by atoms with Gasteiger partial charge in [0.25, 0.3) is 11.8 Å². The van der Waals surface area contributed by atoms with Gasteiger partial charge < -0.3 is 19.5 Å². The number of ether oxygens (including phenoxy) is 1. The van der Waals surface area contributed by atoms with Crippen molar-refractivity contribution < 1.29 is 14.3 Å². The van der Waals surface area contributed by atoms with Gasteiger partial charge in [0.1, 0.15) is 17.1 Å². The van der Waals surface area contributed by atoms with Crippen LogP contribution in [0.3, 0.4) is 0 Å². The molecule has 2 aliphatic rings. The standard InChI is InChI=1S/C17H20N6O3/c1-18-14(24)13-11-23-9-6-21-16(23)17(26-13)2-7-22(8-3-17)15(25)12-10-19-4-5-20-12/h4-6,9-10,13H,2-3,7-8,11H2,1H3,(H,18,24)/t13-/m0/s1. The average molecular weight is 356 g/mol. The number of likely N-dealkylation sites (tertiary alicyclic amines) is 1. The van der Waals surface area contributed by atoms with E-state index in [0.29, 0.717) is 38.2 Å². The molecule has 0 unspecified atom stereocenters. The van der Waals surface area contributed by atoms with Gasteiger partial charge in [0, 0.05) is 57.8 Å². The third-order valence-corrected chi connectivity index (χ3v) is 5.03. The number of aromatic nitrogens is 4. The van der Waals surface area contributed by atoms with Crippen LogP contribution in [0, 0.1) is 0 Å². The molecule has 0 saturated carbocycles. The summed E-state index contributed by atoms with van der Waals surface area (Å²) in [5.41, 5.74) is -0.323. The second kappa shape index (κ2) is 6.49. The minimum absolute atomic E-state index is 0.144. The Balaban J connectivity index is 1.54. The van der Waals surface area contributed by atoms with E-state index >= 15 is 0 Å². The zero-order valence-electron chi connectivity index (χ0n) is 14.5. The molecule has 0 radical (unpaired) electrons. The molecule has 4 rings (SSSR count). The minimum Gasteiger partial charge on any atom is -0.357 e. The van der Waals surface area contributed by atoms with Crippen molar-refractivity contribution in [1.82, 2.24) is 29.7 Å². The zero-order valence-corrected chi connectivity index (χ0v) is 14.5. The summed E-state index contributed by atoms with van der Waals surface area (Å²) in [4.78, 5) is 39.0. The molecule has 9 heteroatoms. The lowest BCUT2D eigenvalue weighted by Gasteiger charge is -2.45. The van der Waals surface area contributed by atoms with E-state index in [9.17, 15) is 9.59 Å². The second-order valence-corrected chi connectivity index (χ2v) is 6.50. The quantitative estimate of drug-likeness (QED) is 0.809. The van der Waals surface area contributed by atoms with Crippen LogP contribution in [0.2, 0.25) is 0 Å². The van der Waals surface area contributed by atoms with Crippen molar-refractivity contribution in [3.8, 4) is 0 Å². The molecule has 1 atom stereocenters. The molecule has 2 aromatic rings. The number of hydrogen-bond donors (Lipinski definition) is 1. The molecule has 2 aliphatic heterocycles. The lowest BCUT2D eigenvalue weighted by Crippen LogP contribution is -2.54. The van der Waals surface area contributed by atoms with E-state index in [4.69, 9.17) is 4.74 Å². The number of carbonyl (C=O) groups excluding carboxylic acids is 2. The first-order chi connectivity index (χ1) is 12.6. The monoisotopic (exact) mass is 356 g/mol. The average Bonchev–Trinajstić information content (AvgIpc) is 3.18. The maximum Gasteiger partial charge on any atom is 0.274 e. The number of hydrogen-bond acceptors (Lipinski definition) is 6. The van der Waals surface area contributed by atoms with Gasteiger partial charge in [-0.2, -0.15) is 0 Å². The summed E-state index contributed by atoms with van der Waals surface area (Å²) in [6.45, 7) is 1.45. The Morgan fingerprint density at radius 2 is 2.04 bits per heavy atom. The predicted molar refractivity (Wildman–Crippen MR) is 90.0 cm³/mol. The summed E-state index contributed by atoms with van der Waals surface area (Å²) in [6, 6.07) is 0. The van der Waals surface area contributed by atoms with Crippen LogP contribution >= 0.6 is 0 Å². The molecule has 0 bridgehead atoms. The highest BCUT2D eigenvalue weighted by Gasteiger charge is 2.47. The van der Waals surface area contributed by atoms with Gasteiger partial charge >= 0.3 is 0 Å². The SMILES string of the molecule is CNC(=O)[C@@H]1Cn2ccnc2C2(CCN(C(=O)c3cnccn3)CC2)O1. The molecule has 136 valence electrons. The van der Waals surface area contributed by atoms with E-state index in [2.05, 4.69) is 20.3 Å². The van der Waals surface area contributed by atoms with Crippen LogP contribution < -0.4 is 5.32 Å². The summed E-state index contributed by atoms with van der Waals surface area (Å²) in [5.74, 6) is 0.529. The van der Waals surface area contributed by atoms with Crippen LogP contribution in [0.1, 0.15) is 29.2 Å². The van der Waals surface area contributed by atoms with Crippen molar-refractivity contribution in [2.24, 2.45) is 0 Å². The van der Waals surface area contributed by atoms with Gasteiger partial charge in [-0.3, -0.25) is 14.6 Å². The Kier molecular flexibility index (Phi) is 4.15. The topological polar surface area (TPSA) is 102 Å². The van der Waals surface area contributed by atoms with Crippen molar-refractivity contribution in [3.05, 3.63) is 42.5 Å². The lowest BCUT2D eigenvalue weighted by atomic mass is 9.88. The lowest BCUT2D eigenvalue weighted by molar-refractivity contribution is -0.171. The van der Waals surface area contributed by atoms with Gasteiger partial charge in [-0.05, 0) is 0 Å².